The molecule has 0 fully saturated rings. The molecule has 1 unspecified atom stereocenters. The molecular weight excluding hydrogens is 336 g/mol. The Kier molecular flexibility index (Phi) is 6.11. The number of rotatable bonds is 7. The quantitative estimate of drug-likeness (QED) is 0.380. The van der Waals surface area contributed by atoms with Crippen molar-refractivity contribution < 1.29 is 4.79 Å². The highest BCUT2D eigenvalue weighted by Crippen LogP contribution is 2.18. The first-order valence-corrected chi connectivity index (χ1v) is 8.74. The van der Waals surface area contributed by atoms with Gasteiger partial charge in [0.2, 0.25) is 11.0 Å². The number of nitrogen functional groups attached to an aromatic ring is 1. The molecule has 0 saturated carbocycles. The Labute approximate surface area is 141 Å². The number of nitrogens with one attached hydrogen (secondary N) is 2. The highest BCUT2D eigenvalue weighted by Gasteiger charge is 2.15. The average Bonchev–Trinajstić information content (AvgIpc) is 2.87. The van der Waals surface area contributed by atoms with Crippen LogP contribution in [0.1, 0.15) is 24.0 Å². The van der Waals surface area contributed by atoms with Gasteiger partial charge in [-0.3, -0.25) is 9.59 Å². The number of thioether (sulfide) groups is 1. The Hall–Kier alpha value is -1.94. The van der Waals surface area contributed by atoms with E-state index < -0.39 is 0 Å². The molecule has 0 aliphatic heterocycles. The van der Waals surface area contributed by atoms with Crippen LogP contribution in [0, 0.1) is 6.92 Å². The minimum absolute atomic E-state index is 0.101. The Morgan fingerprint density at radius 2 is 2.30 bits per heavy atom. The summed E-state index contributed by atoms with van der Waals surface area (Å²) in [7, 11) is 0. The van der Waals surface area contributed by atoms with Crippen LogP contribution in [0.15, 0.2) is 16.0 Å². The van der Waals surface area contributed by atoms with Gasteiger partial charge >= 0.3 is 0 Å². The minimum atomic E-state index is -0.350. The van der Waals surface area contributed by atoms with Crippen molar-refractivity contribution >= 4 is 34.1 Å². The molecule has 0 saturated heterocycles. The summed E-state index contributed by atoms with van der Waals surface area (Å²) < 4.78 is 0. The largest absolute Gasteiger partial charge is 0.374 e. The SMILES string of the molecule is Cc1cc(=O)[nH]c(SC(C)C(=O)NCCCc2nnc(N)s2)n1. The van der Waals surface area contributed by atoms with E-state index in [1.54, 1.807) is 13.8 Å². The molecule has 2 aromatic rings. The van der Waals surface area contributed by atoms with Gasteiger partial charge < -0.3 is 16.0 Å². The molecule has 124 valence electrons. The standard InChI is InChI=1S/C13H18N6O2S2/c1-7-6-9(20)17-13(16-7)22-8(2)11(21)15-5-3-4-10-18-19-12(14)23-10/h6,8H,3-5H2,1-2H3,(H2,14,19)(H,15,21)(H,16,17,20). The number of nitrogens with zero attached hydrogens (tertiary/aromatic N) is 3. The summed E-state index contributed by atoms with van der Waals surface area (Å²) in [6.45, 7) is 4.05. The Morgan fingerprint density at radius 1 is 1.52 bits per heavy atom. The fourth-order valence-corrected chi connectivity index (χ4v) is 3.32. The first kappa shape index (κ1) is 17.4. The summed E-state index contributed by atoms with van der Waals surface area (Å²) in [6.07, 6.45) is 1.49. The van der Waals surface area contributed by atoms with Crippen LogP contribution < -0.4 is 16.6 Å². The van der Waals surface area contributed by atoms with Crippen molar-refractivity contribution in [1.29, 1.82) is 0 Å². The number of H-pyrrole nitrogens is 1. The number of aryl methyl sites for hydroxylation is 2. The smallest absolute Gasteiger partial charge is 0.251 e. The monoisotopic (exact) mass is 354 g/mol. The number of carbonyl (C=O) groups excluding carboxylic acids is 1. The molecule has 0 aromatic carbocycles. The van der Waals surface area contributed by atoms with Gasteiger partial charge in [-0.25, -0.2) is 4.98 Å². The average molecular weight is 354 g/mol. The van der Waals surface area contributed by atoms with E-state index in [4.69, 9.17) is 5.73 Å². The summed E-state index contributed by atoms with van der Waals surface area (Å²) in [5.41, 5.74) is 5.91. The maximum absolute atomic E-state index is 12.0. The summed E-state index contributed by atoms with van der Waals surface area (Å²) >= 11 is 2.58. The van der Waals surface area contributed by atoms with Gasteiger partial charge in [-0.05, 0) is 20.3 Å². The van der Waals surface area contributed by atoms with Crippen LogP contribution >= 0.6 is 23.1 Å². The second-order valence-corrected chi connectivity index (χ2v) is 7.30. The van der Waals surface area contributed by atoms with E-state index in [-0.39, 0.29) is 16.7 Å². The van der Waals surface area contributed by atoms with Gasteiger partial charge in [-0.1, -0.05) is 23.1 Å². The van der Waals surface area contributed by atoms with E-state index >= 15 is 0 Å². The molecule has 0 aliphatic rings. The highest BCUT2D eigenvalue weighted by molar-refractivity contribution is 8.00. The third-order valence-electron chi connectivity index (χ3n) is 2.85. The number of amides is 1. The van der Waals surface area contributed by atoms with Crippen molar-refractivity contribution in [3.05, 3.63) is 27.1 Å². The third kappa shape index (κ3) is 5.64. The number of nitrogens with two attached hydrogens (primary N) is 1. The lowest BCUT2D eigenvalue weighted by Gasteiger charge is -2.11. The van der Waals surface area contributed by atoms with Crippen LogP contribution in [0.2, 0.25) is 0 Å². The molecule has 4 N–H and O–H groups in total. The number of aromatic nitrogens is 4. The second-order valence-electron chi connectivity index (χ2n) is 4.88. The Morgan fingerprint density at radius 3 is 2.96 bits per heavy atom. The third-order valence-corrected chi connectivity index (χ3v) is 4.65. The lowest BCUT2D eigenvalue weighted by atomic mass is 10.3. The van der Waals surface area contributed by atoms with Gasteiger partial charge in [0.1, 0.15) is 5.01 Å². The molecule has 2 heterocycles. The normalized spacial score (nSPS) is 12.1. The van der Waals surface area contributed by atoms with Crippen LogP contribution in [-0.2, 0) is 11.2 Å². The van der Waals surface area contributed by atoms with Crippen molar-refractivity contribution in [1.82, 2.24) is 25.5 Å². The molecule has 0 radical (unpaired) electrons. The van der Waals surface area contributed by atoms with Crippen molar-refractivity contribution in [3.8, 4) is 0 Å². The number of anilines is 1. The molecule has 0 spiro atoms. The van der Waals surface area contributed by atoms with Gasteiger partial charge in [0.15, 0.2) is 5.16 Å². The molecule has 8 nitrogen and oxygen atoms in total. The zero-order valence-electron chi connectivity index (χ0n) is 12.8. The molecule has 1 amide bonds. The number of hydrogen-bond donors (Lipinski definition) is 3. The van der Waals surface area contributed by atoms with Gasteiger partial charge in [0.05, 0.1) is 5.25 Å². The van der Waals surface area contributed by atoms with Gasteiger partial charge in [0, 0.05) is 24.7 Å². The summed E-state index contributed by atoms with van der Waals surface area (Å²) in [4.78, 5) is 30.2. The van der Waals surface area contributed by atoms with Gasteiger partial charge in [-0.15, -0.1) is 10.2 Å². The van der Waals surface area contributed by atoms with Crippen molar-refractivity contribution in [3.63, 3.8) is 0 Å². The number of carbonyl (C=O) groups is 1. The molecule has 23 heavy (non-hydrogen) atoms. The maximum atomic E-state index is 12.0. The van der Waals surface area contributed by atoms with Gasteiger partial charge in [0.25, 0.3) is 5.56 Å². The highest BCUT2D eigenvalue weighted by atomic mass is 32.2. The number of aromatic amines is 1. The molecule has 2 rings (SSSR count). The zero-order valence-corrected chi connectivity index (χ0v) is 14.5. The van der Waals surface area contributed by atoms with Gasteiger partial charge in [-0.2, -0.15) is 0 Å². The predicted molar refractivity (Wildman–Crippen MR) is 90.6 cm³/mol. The Balaban J connectivity index is 1.75. The molecule has 10 heteroatoms. The first-order chi connectivity index (χ1) is 10.9. The second kappa shape index (κ2) is 8.06. The van der Waals surface area contributed by atoms with E-state index in [1.165, 1.54) is 29.2 Å². The van der Waals surface area contributed by atoms with Crippen LogP contribution in [-0.4, -0.2) is 37.9 Å². The minimum Gasteiger partial charge on any atom is -0.374 e. The fraction of sp³-hybridized carbons (Fsp3) is 0.462. The van der Waals surface area contributed by atoms with E-state index in [9.17, 15) is 9.59 Å². The summed E-state index contributed by atoms with van der Waals surface area (Å²) in [5, 5.41) is 11.9. The van der Waals surface area contributed by atoms with Crippen LogP contribution in [0.4, 0.5) is 5.13 Å². The van der Waals surface area contributed by atoms with E-state index in [1.807, 2.05) is 0 Å². The van der Waals surface area contributed by atoms with Crippen LogP contribution in [0.25, 0.3) is 0 Å². The molecule has 0 bridgehead atoms. The van der Waals surface area contributed by atoms with E-state index in [0.717, 1.165) is 17.8 Å². The Bertz CT molecular complexity index is 729. The fourth-order valence-electron chi connectivity index (χ4n) is 1.79. The molecule has 0 aliphatic carbocycles. The lowest BCUT2D eigenvalue weighted by Crippen LogP contribution is -2.32. The van der Waals surface area contributed by atoms with E-state index in [2.05, 4.69) is 25.5 Å². The number of hydrogen-bond acceptors (Lipinski definition) is 8. The molecule has 2 aromatic heterocycles. The topological polar surface area (TPSA) is 127 Å². The van der Waals surface area contributed by atoms with Crippen molar-refractivity contribution in [2.45, 2.75) is 37.1 Å². The van der Waals surface area contributed by atoms with Crippen LogP contribution in [0.5, 0.6) is 0 Å². The summed E-state index contributed by atoms with van der Waals surface area (Å²) in [6, 6.07) is 1.41. The van der Waals surface area contributed by atoms with E-state index in [0.29, 0.717) is 22.5 Å². The van der Waals surface area contributed by atoms with Crippen molar-refractivity contribution in [2.75, 3.05) is 12.3 Å². The maximum Gasteiger partial charge on any atom is 0.251 e. The molecule has 1 atom stereocenters. The lowest BCUT2D eigenvalue weighted by molar-refractivity contribution is -0.120. The predicted octanol–water partition coefficient (Wildman–Crippen LogP) is 0.742. The zero-order chi connectivity index (χ0) is 16.8. The van der Waals surface area contributed by atoms with Crippen LogP contribution in [0.3, 0.4) is 0 Å². The first-order valence-electron chi connectivity index (χ1n) is 7.04. The van der Waals surface area contributed by atoms with Crippen molar-refractivity contribution in [2.24, 2.45) is 0 Å². The molecular formula is C13H18N6O2S2. The summed E-state index contributed by atoms with van der Waals surface area (Å²) in [5.74, 6) is -0.101.